The Morgan fingerprint density at radius 1 is 0.537 bits per heavy atom. The maximum atomic E-state index is 13.8. The zero-order chi connectivity index (χ0) is 38.3. The summed E-state index contributed by atoms with van der Waals surface area (Å²) in [5, 5.41) is 15.0. The van der Waals surface area contributed by atoms with E-state index in [1.165, 1.54) is 17.2 Å². The van der Waals surface area contributed by atoms with Crippen LogP contribution in [0, 0.1) is 17.9 Å². The number of para-hydroxylation sites is 2. The van der Waals surface area contributed by atoms with Crippen molar-refractivity contribution in [2.45, 2.75) is 58.5 Å². The normalized spacial score (nSPS) is 12.5. The maximum absolute atomic E-state index is 13.8. The zero-order valence-corrected chi connectivity index (χ0v) is 30.9. The first-order chi connectivity index (χ1) is 25.6. The van der Waals surface area contributed by atoms with Gasteiger partial charge in [-0.25, -0.2) is 4.85 Å². The number of nitriles is 1. The Morgan fingerprint density at radius 3 is 1.46 bits per heavy atom. The van der Waals surface area contributed by atoms with Crippen molar-refractivity contribution in [2.75, 3.05) is 0 Å². The molecule has 2 heterocycles. The van der Waals surface area contributed by atoms with Crippen LogP contribution in [-0.2, 0) is 17.0 Å². The Morgan fingerprint density at radius 2 is 1.00 bits per heavy atom. The van der Waals surface area contributed by atoms with Crippen molar-refractivity contribution in [3.63, 3.8) is 0 Å². The second kappa shape index (κ2) is 12.1. The van der Waals surface area contributed by atoms with Crippen LogP contribution in [0.1, 0.15) is 63.8 Å². The van der Waals surface area contributed by atoms with Crippen molar-refractivity contribution in [3.8, 4) is 28.6 Å². The summed E-state index contributed by atoms with van der Waals surface area (Å²) < 4.78 is 45.8. The lowest BCUT2D eigenvalue weighted by atomic mass is 9.86. The molecule has 54 heavy (non-hydrogen) atoms. The molecule has 0 saturated heterocycles. The Kier molecular flexibility index (Phi) is 7.80. The quantitative estimate of drug-likeness (QED) is 0.168. The van der Waals surface area contributed by atoms with E-state index in [-0.39, 0.29) is 27.6 Å². The van der Waals surface area contributed by atoms with Crippen molar-refractivity contribution in [1.82, 2.24) is 9.13 Å². The van der Waals surface area contributed by atoms with Crippen LogP contribution >= 0.6 is 0 Å². The number of rotatable bonds is 3. The summed E-state index contributed by atoms with van der Waals surface area (Å²) in [5.41, 5.74) is 7.20. The average Bonchev–Trinajstić information content (AvgIpc) is 3.65. The molecule has 4 nitrogen and oxygen atoms in total. The summed E-state index contributed by atoms with van der Waals surface area (Å²) in [7, 11) is 0. The van der Waals surface area contributed by atoms with Crippen molar-refractivity contribution in [2.24, 2.45) is 0 Å². The first-order valence-electron chi connectivity index (χ1n) is 17.9. The fraction of sp³-hybridized carbons (Fsp3) is 0.191. The zero-order valence-electron chi connectivity index (χ0n) is 30.9. The lowest BCUT2D eigenvalue weighted by Gasteiger charge is -2.21. The molecule has 8 aromatic rings. The van der Waals surface area contributed by atoms with Gasteiger partial charge in [0.1, 0.15) is 0 Å². The van der Waals surface area contributed by atoms with Gasteiger partial charge in [-0.3, -0.25) is 0 Å². The molecule has 8 rings (SSSR count). The summed E-state index contributed by atoms with van der Waals surface area (Å²) in [4.78, 5) is 3.53. The summed E-state index contributed by atoms with van der Waals surface area (Å²) in [6.45, 7) is 21.0. The highest BCUT2D eigenvalue weighted by Crippen LogP contribution is 2.44. The van der Waals surface area contributed by atoms with E-state index >= 15 is 0 Å². The van der Waals surface area contributed by atoms with E-state index in [0.717, 1.165) is 67.1 Å². The highest BCUT2D eigenvalue weighted by Gasteiger charge is 2.32. The second-order valence-corrected chi connectivity index (χ2v) is 16.0. The van der Waals surface area contributed by atoms with Gasteiger partial charge in [-0.15, -0.1) is 0 Å². The van der Waals surface area contributed by atoms with Gasteiger partial charge in [-0.2, -0.15) is 18.4 Å². The average molecular weight is 715 g/mol. The van der Waals surface area contributed by atoms with Crippen LogP contribution in [0.25, 0.3) is 71.0 Å². The number of hydrogen-bond donors (Lipinski definition) is 0. The Balaban J connectivity index is 1.55. The van der Waals surface area contributed by atoms with E-state index in [1.807, 2.05) is 36.4 Å². The number of nitrogens with zero attached hydrogens (tertiary/aromatic N) is 4. The molecular formula is C47H37F3N4. The molecule has 0 unspecified atom stereocenters. The van der Waals surface area contributed by atoms with Crippen LogP contribution in [0.2, 0.25) is 0 Å². The van der Waals surface area contributed by atoms with Gasteiger partial charge in [0.2, 0.25) is 0 Å². The summed E-state index contributed by atoms with van der Waals surface area (Å²) in [5.74, 6) is 0. The molecule has 0 atom stereocenters. The maximum Gasteiger partial charge on any atom is 0.415 e. The van der Waals surface area contributed by atoms with Gasteiger partial charge in [0, 0.05) is 27.1 Å². The lowest BCUT2D eigenvalue weighted by molar-refractivity contribution is -0.137. The molecule has 0 saturated carbocycles. The molecule has 7 heteroatoms. The summed E-state index contributed by atoms with van der Waals surface area (Å²) in [6, 6.07) is 38.6. The van der Waals surface area contributed by atoms with Crippen LogP contribution in [-0.4, -0.2) is 9.13 Å². The minimum atomic E-state index is -4.62. The summed E-state index contributed by atoms with van der Waals surface area (Å²) >= 11 is 0. The summed E-state index contributed by atoms with van der Waals surface area (Å²) in [6.07, 6.45) is -4.62. The molecule has 0 aliphatic rings. The molecule has 0 aliphatic carbocycles. The molecule has 266 valence electrons. The third-order valence-electron chi connectivity index (χ3n) is 10.5. The Hall–Kier alpha value is -6.31. The van der Waals surface area contributed by atoms with Crippen LogP contribution < -0.4 is 0 Å². The Labute approximate surface area is 312 Å². The van der Waals surface area contributed by atoms with Crippen LogP contribution in [0.4, 0.5) is 18.9 Å². The van der Waals surface area contributed by atoms with Gasteiger partial charge in [0.05, 0.1) is 51.6 Å². The fourth-order valence-corrected chi connectivity index (χ4v) is 7.68. The van der Waals surface area contributed by atoms with Gasteiger partial charge in [-0.05, 0) is 87.7 Å². The largest absolute Gasteiger partial charge is 0.415 e. The minimum Gasteiger partial charge on any atom is -0.307 e. The molecule has 0 radical (unpaired) electrons. The van der Waals surface area contributed by atoms with Gasteiger partial charge in [0.25, 0.3) is 0 Å². The molecule has 2 aromatic heterocycles. The third-order valence-corrected chi connectivity index (χ3v) is 10.5. The van der Waals surface area contributed by atoms with E-state index in [0.29, 0.717) is 5.56 Å². The predicted octanol–water partition coefficient (Wildman–Crippen LogP) is 13.6. The minimum absolute atomic E-state index is 0.0880. The standard InChI is InChI=1S/C47H37F3N4/c1-45(2,3)29-17-20-41-36(23-29)33-12-8-10-14-39(33)53(41)43-22-28(27-51)35(32-19-16-31(47(48,49)50)25-38(32)52-7)26-44(43)54-40-15-11-9-13-34(40)37-24-30(46(4,5)6)18-21-42(37)54/h8-26H,1-6H3. The van der Waals surface area contributed by atoms with Gasteiger partial charge in [-0.1, -0.05) is 102 Å². The number of alkyl halides is 3. The van der Waals surface area contributed by atoms with Crippen molar-refractivity contribution >= 4 is 49.3 Å². The molecule has 0 fully saturated rings. The molecule has 0 N–H and O–H groups in total. The number of aromatic nitrogens is 2. The third kappa shape index (κ3) is 5.51. The highest BCUT2D eigenvalue weighted by atomic mass is 19.4. The number of halogens is 3. The molecule has 0 aliphatic heterocycles. The van der Waals surface area contributed by atoms with Crippen LogP contribution in [0.5, 0.6) is 0 Å². The van der Waals surface area contributed by atoms with E-state index in [1.54, 1.807) is 0 Å². The molecule has 0 amide bonds. The van der Waals surface area contributed by atoms with E-state index < -0.39 is 11.7 Å². The van der Waals surface area contributed by atoms with Crippen molar-refractivity contribution in [1.29, 1.82) is 5.26 Å². The predicted molar refractivity (Wildman–Crippen MR) is 214 cm³/mol. The monoisotopic (exact) mass is 714 g/mol. The molecule has 0 spiro atoms. The van der Waals surface area contributed by atoms with Gasteiger partial charge >= 0.3 is 6.18 Å². The second-order valence-electron chi connectivity index (χ2n) is 16.0. The van der Waals surface area contributed by atoms with Gasteiger partial charge < -0.3 is 9.13 Å². The smallest absolute Gasteiger partial charge is 0.307 e. The number of hydrogen-bond acceptors (Lipinski definition) is 1. The van der Waals surface area contributed by atoms with Crippen molar-refractivity contribution < 1.29 is 13.2 Å². The number of benzene rings is 6. The van der Waals surface area contributed by atoms with E-state index in [2.05, 4.69) is 122 Å². The highest BCUT2D eigenvalue weighted by molar-refractivity contribution is 6.12. The fourth-order valence-electron chi connectivity index (χ4n) is 7.68. The molecule has 0 bridgehead atoms. The Bertz CT molecular complexity index is 2910. The first-order valence-corrected chi connectivity index (χ1v) is 17.9. The van der Waals surface area contributed by atoms with E-state index in [4.69, 9.17) is 6.57 Å². The van der Waals surface area contributed by atoms with Crippen LogP contribution in [0.15, 0.2) is 115 Å². The topological polar surface area (TPSA) is 38.0 Å². The number of fused-ring (bicyclic) bond motifs is 6. The molecular weight excluding hydrogens is 678 g/mol. The van der Waals surface area contributed by atoms with E-state index in [9.17, 15) is 18.4 Å². The first kappa shape index (κ1) is 34.8. The van der Waals surface area contributed by atoms with Gasteiger partial charge in [0.15, 0.2) is 5.69 Å². The lowest BCUT2D eigenvalue weighted by Crippen LogP contribution is -2.11. The molecule has 6 aromatic carbocycles. The van der Waals surface area contributed by atoms with Crippen molar-refractivity contribution in [3.05, 3.63) is 149 Å². The van der Waals surface area contributed by atoms with Crippen LogP contribution in [0.3, 0.4) is 0 Å². The SMILES string of the molecule is [C-]#[N+]c1cc(C(F)(F)F)ccc1-c1cc(-n2c3ccccc3c3cc(C(C)(C)C)ccc32)c(-n2c3ccccc3c3cc(C(C)(C)C)ccc32)cc1C#N.